The van der Waals surface area contributed by atoms with Gasteiger partial charge in [0.1, 0.15) is 5.76 Å². The van der Waals surface area contributed by atoms with Gasteiger partial charge in [-0.1, -0.05) is 37.6 Å². The molecule has 1 aromatic heterocycles. The van der Waals surface area contributed by atoms with Gasteiger partial charge in [0.2, 0.25) is 0 Å². The molecule has 0 radical (unpaired) electrons. The molecular formula is C14H18ClNO. The normalized spacial score (nSPS) is 11.6. The number of fused-ring (bicyclic) bond motifs is 1. The number of hydrogen-bond acceptors (Lipinski definition) is 2. The number of halogens is 1. The van der Waals surface area contributed by atoms with Crippen molar-refractivity contribution >= 4 is 22.6 Å². The molecule has 0 spiro atoms. The summed E-state index contributed by atoms with van der Waals surface area (Å²) < 4.78 is 5.82. The topological polar surface area (TPSA) is 25.2 Å². The Morgan fingerprint density at radius 1 is 1.35 bits per heavy atom. The summed E-state index contributed by atoms with van der Waals surface area (Å²) in [6, 6.07) is 5.86. The van der Waals surface area contributed by atoms with E-state index in [2.05, 4.69) is 26.1 Å². The summed E-state index contributed by atoms with van der Waals surface area (Å²) in [5.41, 5.74) is 1.98. The monoisotopic (exact) mass is 251 g/mol. The average molecular weight is 252 g/mol. The van der Waals surface area contributed by atoms with Gasteiger partial charge in [0.05, 0.1) is 11.6 Å². The number of furan rings is 1. The van der Waals surface area contributed by atoms with Crippen LogP contribution in [0.5, 0.6) is 0 Å². The Balaban J connectivity index is 2.23. The van der Waals surface area contributed by atoms with Crippen LogP contribution in [0.1, 0.15) is 25.2 Å². The number of hydrogen-bond donors (Lipinski definition) is 1. The van der Waals surface area contributed by atoms with Crippen molar-refractivity contribution in [1.29, 1.82) is 0 Å². The fraction of sp³-hybridized carbons (Fsp3) is 0.429. The minimum Gasteiger partial charge on any atom is -0.458 e. The summed E-state index contributed by atoms with van der Waals surface area (Å²) in [4.78, 5) is 0. The van der Waals surface area contributed by atoms with Crippen molar-refractivity contribution in [3.05, 3.63) is 34.5 Å². The molecule has 92 valence electrons. The SMILES string of the molecule is Cc1c(CNCC(C)C)oc2c(Cl)cccc12. The Morgan fingerprint density at radius 3 is 2.76 bits per heavy atom. The Labute approximate surface area is 107 Å². The molecule has 0 bridgehead atoms. The largest absolute Gasteiger partial charge is 0.458 e. The van der Waals surface area contributed by atoms with Crippen molar-refractivity contribution in [3.8, 4) is 0 Å². The smallest absolute Gasteiger partial charge is 0.153 e. The third-order valence-electron chi connectivity index (χ3n) is 2.85. The van der Waals surface area contributed by atoms with Crippen LogP contribution in [-0.2, 0) is 6.54 Å². The summed E-state index contributed by atoms with van der Waals surface area (Å²) in [6.07, 6.45) is 0. The van der Waals surface area contributed by atoms with Gasteiger partial charge in [0.15, 0.2) is 5.58 Å². The maximum Gasteiger partial charge on any atom is 0.153 e. The van der Waals surface area contributed by atoms with E-state index in [1.54, 1.807) is 0 Å². The third-order valence-corrected chi connectivity index (χ3v) is 3.15. The summed E-state index contributed by atoms with van der Waals surface area (Å²) in [6.45, 7) is 8.21. The predicted molar refractivity (Wildman–Crippen MR) is 72.5 cm³/mol. The first-order chi connectivity index (χ1) is 8.09. The second-order valence-electron chi connectivity index (χ2n) is 4.79. The zero-order valence-electron chi connectivity index (χ0n) is 10.5. The molecule has 2 rings (SSSR count). The van der Waals surface area contributed by atoms with Gasteiger partial charge in [0, 0.05) is 5.39 Å². The zero-order valence-corrected chi connectivity index (χ0v) is 11.3. The van der Waals surface area contributed by atoms with Gasteiger partial charge in [-0.25, -0.2) is 0 Å². The lowest BCUT2D eigenvalue weighted by Gasteiger charge is -2.05. The maximum absolute atomic E-state index is 6.11. The maximum atomic E-state index is 6.11. The molecular weight excluding hydrogens is 234 g/mol. The third kappa shape index (κ3) is 2.64. The van der Waals surface area contributed by atoms with E-state index in [0.29, 0.717) is 10.9 Å². The number of nitrogens with one attached hydrogen (secondary N) is 1. The van der Waals surface area contributed by atoms with E-state index in [1.807, 2.05) is 18.2 Å². The minimum atomic E-state index is 0.642. The van der Waals surface area contributed by atoms with Crippen LogP contribution >= 0.6 is 11.6 Å². The lowest BCUT2D eigenvalue weighted by molar-refractivity contribution is 0.482. The molecule has 0 saturated heterocycles. The second kappa shape index (κ2) is 5.11. The Morgan fingerprint density at radius 2 is 2.12 bits per heavy atom. The summed E-state index contributed by atoms with van der Waals surface area (Å²) in [5, 5.41) is 5.18. The number of benzene rings is 1. The molecule has 0 aliphatic rings. The molecule has 0 aliphatic heterocycles. The van der Waals surface area contributed by atoms with E-state index >= 15 is 0 Å². The van der Waals surface area contributed by atoms with Crippen LogP contribution in [0.2, 0.25) is 5.02 Å². The number of aryl methyl sites for hydroxylation is 1. The highest BCUT2D eigenvalue weighted by Gasteiger charge is 2.12. The van der Waals surface area contributed by atoms with E-state index in [0.717, 1.165) is 29.8 Å². The first kappa shape index (κ1) is 12.5. The first-order valence-corrected chi connectivity index (χ1v) is 6.34. The van der Waals surface area contributed by atoms with Crippen LogP contribution in [0.3, 0.4) is 0 Å². The van der Waals surface area contributed by atoms with Crippen molar-refractivity contribution in [2.45, 2.75) is 27.3 Å². The van der Waals surface area contributed by atoms with Gasteiger partial charge in [-0.05, 0) is 31.0 Å². The molecule has 1 N–H and O–H groups in total. The Hall–Kier alpha value is -0.990. The summed E-state index contributed by atoms with van der Waals surface area (Å²) in [7, 11) is 0. The van der Waals surface area contributed by atoms with E-state index in [4.69, 9.17) is 16.0 Å². The van der Waals surface area contributed by atoms with Crippen LogP contribution < -0.4 is 5.32 Å². The van der Waals surface area contributed by atoms with E-state index in [1.165, 1.54) is 5.56 Å². The fourth-order valence-electron chi connectivity index (χ4n) is 1.90. The standard InChI is InChI=1S/C14H18ClNO/c1-9(2)7-16-8-13-10(3)11-5-4-6-12(15)14(11)17-13/h4-6,9,16H,7-8H2,1-3H3. The molecule has 1 aromatic carbocycles. The van der Waals surface area contributed by atoms with Crippen LogP contribution in [0.4, 0.5) is 0 Å². The van der Waals surface area contributed by atoms with Gasteiger partial charge in [-0.3, -0.25) is 0 Å². The number of para-hydroxylation sites is 1. The van der Waals surface area contributed by atoms with Gasteiger partial charge >= 0.3 is 0 Å². The van der Waals surface area contributed by atoms with Crippen molar-refractivity contribution in [3.63, 3.8) is 0 Å². The van der Waals surface area contributed by atoms with Crippen LogP contribution in [0.15, 0.2) is 22.6 Å². The van der Waals surface area contributed by atoms with Crippen LogP contribution in [-0.4, -0.2) is 6.54 Å². The van der Waals surface area contributed by atoms with E-state index < -0.39 is 0 Å². The second-order valence-corrected chi connectivity index (χ2v) is 5.20. The molecule has 0 amide bonds. The lowest BCUT2D eigenvalue weighted by atomic mass is 10.1. The molecule has 0 saturated carbocycles. The van der Waals surface area contributed by atoms with E-state index in [-0.39, 0.29) is 0 Å². The molecule has 17 heavy (non-hydrogen) atoms. The van der Waals surface area contributed by atoms with Crippen LogP contribution in [0, 0.1) is 12.8 Å². The Bertz CT molecular complexity index is 516. The highest BCUT2D eigenvalue weighted by atomic mass is 35.5. The Kier molecular flexibility index (Phi) is 3.75. The molecule has 3 heteroatoms. The predicted octanol–water partition coefficient (Wildman–Crippen LogP) is 4.14. The first-order valence-electron chi connectivity index (χ1n) is 5.96. The van der Waals surface area contributed by atoms with Gasteiger partial charge in [-0.2, -0.15) is 0 Å². The van der Waals surface area contributed by atoms with Gasteiger partial charge in [-0.15, -0.1) is 0 Å². The highest BCUT2D eigenvalue weighted by molar-refractivity contribution is 6.34. The quantitative estimate of drug-likeness (QED) is 0.884. The van der Waals surface area contributed by atoms with Crippen molar-refractivity contribution in [2.75, 3.05) is 6.54 Å². The molecule has 0 aliphatic carbocycles. The zero-order chi connectivity index (χ0) is 12.4. The van der Waals surface area contributed by atoms with Crippen molar-refractivity contribution < 1.29 is 4.42 Å². The molecule has 2 nitrogen and oxygen atoms in total. The van der Waals surface area contributed by atoms with Crippen molar-refractivity contribution in [1.82, 2.24) is 5.32 Å². The molecule has 0 atom stereocenters. The molecule has 2 aromatic rings. The molecule has 0 fully saturated rings. The van der Waals surface area contributed by atoms with Gasteiger partial charge in [0.25, 0.3) is 0 Å². The summed E-state index contributed by atoms with van der Waals surface area (Å²) >= 11 is 6.11. The molecule has 1 heterocycles. The lowest BCUT2D eigenvalue weighted by Crippen LogP contribution is -2.18. The van der Waals surface area contributed by atoms with Crippen molar-refractivity contribution in [2.24, 2.45) is 5.92 Å². The molecule has 0 unspecified atom stereocenters. The van der Waals surface area contributed by atoms with Gasteiger partial charge < -0.3 is 9.73 Å². The minimum absolute atomic E-state index is 0.642. The average Bonchev–Trinajstić information content (AvgIpc) is 2.58. The highest BCUT2D eigenvalue weighted by Crippen LogP contribution is 2.30. The fourth-order valence-corrected chi connectivity index (χ4v) is 2.11. The van der Waals surface area contributed by atoms with Crippen LogP contribution in [0.25, 0.3) is 11.0 Å². The van der Waals surface area contributed by atoms with E-state index in [9.17, 15) is 0 Å². The number of rotatable bonds is 4. The summed E-state index contributed by atoms with van der Waals surface area (Å²) in [5.74, 6) is 1.62.